The maximum atomic E-state index is 11.6. The van der Waals surface area contributed by atoms with E-state index in [0.29, 0.717) is 25.7 Å². The average Bonchev–Trinajstić information content (AvgIpc) is 2.37. The summed E-state index contributed by atoms with van der Waals surface area (Å²) in [4.78, 5) is 22.3. The Bertz CT molecular complexity index is 424. The van der Waals surface area contributed by atoms with E-state index in [0.717, 1.165) is 7.11 Å². The highest BCUT2D eigenvalue weighted by Gasteiger charge is 2.29. The first-order chi connectivity index (χ1) is 8.88. The number of hydrogen-bond donors (Lipinski definition) is 1. The van der Waals surface area contributed by atoms with E-state index in [1.54, 1.807) is 0 Å². The minimum Gasteiger partial charge on any atom is -0.469 e. The van der Waals surface area contributed by atoms with Gasteiger partial charge in [-0.25, -0.2) is 13.1 Å². The maximum Gasteiger partial charge on any atom is 0.322 e. The van der Waals surface area contributed by atoms with E-state index < -0.39 is 21.7 Å². The number of ether oxygens (including phenoxy) is 2. The molecule has 0 atom stereocenters. The van der Waals surface area contributed by atoms with Crippen molar-refractivity contribution in [2.45, 2.75) is 31.7 Å². The third-order valence-corrected chi connectivity index (χ3v) is 4.45. The molecule has 1 aliphatic rings. The summed E-state index contributed by atoms with van der Waals surface area (Å²) >= 11 is 0. The Kier molecular flexibility index (Phi) is 5.74. The van der Waals surface area contributed by atoms with Crippen LogP contribution in [-0.4, -0.2) is 46.4 Å². The van der Waals surface area contributed by atoms with Gasteiger partial charge in [-0.2, -0.15) is 0 Å². The molecule has 0 unspecified atom stereocenters. The second-order valence-electron chi connectivity index (χ2n) is 4.52. The molecule has 0 aromatic heterocycles. The topological polar surface area (TPSA) is 98.8 Å². The van der Waals surface area contributed by atoms with Gasteiger partial charge in [-0.05, 0) is 25.7 Å². The molecule has 1 aliphatic carbocycles. The summed E-state index contributed by atoms with van der Waals surface area (Å²) in [5.41, 5.74) is 0. The number of methoxy groups -OCH3 is 2. The van der Waals surface area contributed by atoms with Crippen molar-refractivity contribution in [1.29, 1.82) is 0 Å². The van der Waals surface area contributed by atoms with Gasteiger partial charge < -0.3 is 9.47 Å². The molecule has 0 bridgehead atoms. The van der Waals surface area contributed by atoms with Gasteiger partial charge in [-0.1, -0.05) is 0 Å². The lowest BCUT2D eigenvalue weighted by molar-refractivity contribution is -0.146. The lowest BCUT2D eigenvalue weighted by atomic mass is 9.86. The van der Waals surface area contributed by atoms with E-state index in [4.69, 9.17) is 0 Å². The van der Waals surface area contributed by atoms with Gasteiger partial charge in [0.25, 0.3) is 0 Å². The van der Waals surface area contributed by atoms with Crippen molar-refractivity contribution in [2.75, 3.05) is 20.0 Å². The zero-order chi connectivity index (χ0) is 14.5. The predicted octanol–water partition coefficient (Wildman–Crippen LogP) is -0.189. The molecule has 0 aromatic rings. The summed E-state index contributed by atoms with van der Waals surface area (Å²) < 4.78 is 34.7. The second kappa shape index (κ2) is 6.85. The van der Waals surface area contributed by atoms with Crippen LogP contribution in [-0.2, 0) is 29.1 Å². The van der Waals surface area contributed by atoms with Crippen molar-refractivity contribution in [1.82, 2.24) is 4.72 Å². The second-order valence-corrected chi connectivity index (χ2v) is 6.28. The number of esters is 2. The average molecular weight is 293 g/mol. The standard InChI is InChI=1S/C11H19NO6S/c1-17-10(13)7-19(15,16)12-9-5-3-8(4-6-9)11(14)18-2/h8-9,12H,3-7H2,1-2H3. The highest BCUT2D eigenvalue weighted by molar-refractivity contribution is 7.90. The van der Waals surface area contributed by atoms with Gasteiger partial charge in [0.05, 0.1) is 20.1 Å². The molecule has 8 heteroatoms. The predicted molar refractivity (Wildman–Crippen MR) is 66.7 cm³/mol. The summed E-state index contributed by atoms with van der Waals surface area (Å²) in [6.07, 6.45) is 2.27. The summed E-state index contributed by atoms with van der Waals surface area (Å²) in [5.74, 6) is -1.89. The number of nitrogens with one attached hydrogen (secondary N) is 1. The summed E-state index contributed by atoms with van der Waals surface area (Å²) in [7, 11) is -1.20. The molecule has 1 saturated carbocycles. The van der Waals surface area contributed by atoms with Gasteiger partial charge >= 0.3 is 11.9 Å². The lowest BCUT2D eigenvalue weighted by Crippen LogP contribution is -2.41. The number of carbonyl (C=O) groups excluding carboxylic acids is 2. The van der Waals surface area contributed by atoms with Gasteiger partial charge in [-0.3, -0.25) is 9.59 Å². The molecule has 0 spiro atoms. The molecular formula is C11H19NO6S. The first-order valence-corrected chi connectivity index (χ1v) is 7.68. The summed E-state index contributed by atoms with van der Waals surface area (Å²) in [6.45, 7) is 0. The Morgan fingerprint density at radius 1 is 1.11 bits per heavy atom. The fourth-order valence-electron chi connectivity index (χ4n) is 2.12. The zero-order valence-electron chi connectivity index (χ0n) is 11.0. The van der Waals surface area contributed by atoms with Crippen LogP contribution in [0, 0.1) is 5.92 Å². The van der Waals surface area contributed by atoms with Crippen molar-refractivity contribution in [2.24, 2.45) is 5.92 Å². The van der Waals surface area contributed by atoms with E-state index in [9.17, 15) is 18.0 Å². The third-order valence-electron chi connectivity index (χ3n) is 3.14. The first-order valence-electron chi connectivity index (χ1n) is 6.02. The Morgan fingerprint density at radius 3 is 2.16 bits per heavy atom. The fraction of sp³-hybridized carbons (Fsp3) is 0.818. The van der Waals surface area contributed by atoms with E-state index in [1.807, 2.05) is 0 Å². The van der Waals surface area contributed by atoms with Crippen LogP contribution in [0.1, 0.15) is 25.7 Å². The van der Waals surface area contributed by atoms with Crippen LogP contribution in [0.3, 0.4) is 0 Å². The smallest absolute Gasteiger partial charge is 0.322 e. The molecule has 0 radical (unpaired) electrons. The Balaban J connectivity index is 2.44. The highest BCUT2D eigenvalue weighted by atomic mass is 32.2. The minimum atomic E-state index is -3.68. The van der Waals surface area contributed by atoms with Crippen LogP contribution < -0.4 is 4.72 Å². The minimum absolute atomic E-state index is 0.161. The Labute approximate surface area is 112 Å². The summed E-state index contributed by atoms with van der Waals surface area (Å²) in [6, 6.07) is -0.240. The third kappa shape index (κ3) is 5.15. The van der Waals surface area contributed by atoms with Crippen LogP contribution in [0.25, 0.3) is 0 Å². The van der Waals surface area contributed by atoms with E-state index in [1.165, 1.54) is 7.11 Å². The number of sulfonamides is 1. The monoisotopic (exact) mass is 293 g/mol. The van der Waals surface area contributed by atoms with Crippen molar-refractivity contribution >= 4 is 22.0 Å². The molecule has 0 heterocycles. The fourth-order valence-corrected chi connectivity index (χ4v) is 3.38. The lowest BCUT2D eigenvalue weighted by Gasteiger charge is -2.27. The van der Waals surface area contributed by atoms with Crippen LogP contribution in [0.4, 0.5) is 0 Å². The molecule has 19 heavy (non-hydrogen) atoms. The van der Waals surface area contributed by atoms with Crippen molar-refractivity contribution in [3.63, 3.8) is 0 Å². The van der Waals surface area contributed by atoms with Gasteiger partial charge in [-0.15, -0.1) is 0 Å². The SMILES string of the molecule is COC(=O)CS(=O)(=O)NC1CCC(C(=O)OC)CC1. The maximum absolute atomic E-state index is 11.6. The van der Waals surface area contributed by atoms with Crippen molar-refractivity contribution < 1.29 is 27.5 Å². The zero-order valence-corrected chi connectivity index (χ0v) is 11.9. The molecule has 7 nitrogen and oxygen atoms in total. The molecule has 110 valence electrons. The van der Waals surface area contributed by atoms with Crippen molar-refractivity contribution in [3.05, 3.63) is 0 Å². The van der Waals surface area contributed by atoms with E-state index >= 15 is 0 Å². The van der Waals surface area contributed by atoms with Crippen molar-refractivity contribution in [3.8, 4) is 0 Å². The van der Waals surface area contributed by atoms with Crippen LogP contribution in [0.5, 0.6) is 0 Å². The molecule has 0 aromatic carbocycles. The molecule has 1 N–H and O–H groups in total. The highest BCUT2D eigenvalue weighted by Crippen LogP contribution is 2.25. The van der Waals surface area contributed by atoms with Gasteiger partial charge in [0.15, 0.2) is 5.75 Å². The molecule has 1 rings (SSSR count). The van der Waals surface area contributed by atoms with Gasteiger partial charge in [0, 0.05) is 6.04 Å². The normalized spacial score (nSPS) is 23.7. The van der Waals surface area contributed by atoms with Crippen LogP contribution >= 0.6 is 0 Å². The quantitative estimate of drug-likeness (QED) is 0.705. The molecule has 0 amide bonds. The number of carbonyl (C=O) groups is 2. The van der Waals surface area contributed by atoms with E-state index in [2.05, 4.69) is 14.2 Å². The van der Waals surface area contributed by atoms with Crippen LogP contribution in [0.2, 0.25) is 0 Å². The van der Waals surface area contributed by atoms with Gasteiger partial charge in [0.2, 0.25) is 10.0 Å². The number of rotatable bonds is 5. The molecule has 1 fully saturated rings. The van der Waals surface area contributed by atoms with Crippen LogP contribution in [0.15, 0.2) is 0 Å². The van der Waals surface area contributed by atoms with Gasteiger partial charge in [0.1, 0.15) is 0 Å². The van der Waals surface area contributed by atoms with E-state index in [-0.39, 0.29) is 17.9 Å². The first kappa shape index (κ1) is 15.9. The largest absolute Gasteiger partial charge is 0.469 e. The Hall–Kier alpha value is -1.15. The molecule has 0 saturated heterocycles. The number of hydrogen-bond acceptors (Lipinski definition) is 6. The molecular weight excluding hydrogens is 274 g/mol. The summed E-state index contributed by atoms with van der Waals surface area (Å²) in [5, 5.41) is 0. The molecule has 0 aliphatic heterocycles. The Morgan fingerprint density at radius 2 is 1.68 bits per heavy atom.